The predicted molar refractivity (Wildman–Crippen MR) is 112 cm³/mol. The summed E-state index contributed by atoms with van der Waals surface area (Å²) in [5, 5.41) is 8.17. The molecule has 1 N–H and O–H groups in total. The molecule has 0 aliphatic heterocycles. The van der Waals surface area contributed by atoms with Gasteiger partial charge in [-0.3, -0.25) is 9.59 Å². The zero-order valence-corrected chi connectivity index (χ0v) is 17.6. The van der Waals surface area contributed by atoms with Crippen molar-refractivity contribution in [3.8, 4) is 11.5 Å². The van der Waals surface area contributed by atoms with Crippen molar-refractivity contribution < 1.29 is 23.7 Å². The van der Waals surface area contributed by atoms with Crippen LogP contribution in [-0.4, -0.2) is 47.0 Å². The topological polar surface area (TPSA) is 135 Å². The van der Waals surface area contributed by atoms with Crippen LogP contribution in [0.3, 0.4) is 0 Å². The zero-order valence-electron chi connectivity index (χ0n) is 17.6. The number of carbonyl (C=O) groups excluding carboxylic acids is 1. The lowest BCUT2D eigenvalue weighted by molar-refractivity contribution is 0.0258. The molecule has 31 heavy (non-hydrogen) atoms. The highest BCUT2D eigenvalue weighted by molar-refractivity contribution is 5.88. The van der Waals surface area contributed by atoms with E-state index in [4.69, 9.17) is 18.9 Å². The minimum absolute atomic E-state index is 0.167. The lowest BCUT2D eigenvalue weighted by atomic mass is 10.2. The van der Waals surface area contributed by atoms with E-state index in [9.17, 15) is 14.4 Å². The maximum absolute atomic E-state index is 13.0. The Kier molecular flexibility index (Phi) is 7.06. The van der Waals surface area contributed by atoms with E-state index in [2.05, 4.69) is 22.1 Å². The number of aromatic nitrogens is 4. The number of nitrogens with one attached hydrogen (secondary N) is 1. The minimum atomic E-state index is -0.873. The Morgan fingerprint density at radius 2 is 1.71 bits per heavy atom. The lowest BCUT2D eigenvalue weighted by Gasteiger charge is -2.07. The van der Waals surface area contributed by atoms with E-state index < -0.39 is 23.9 Å². The van der Waals surface area contributed by atoms with Crippen LogP contribution in [0.1, 0.15) is 32.6 Å². The van der Waals surface area contributed by atoms with Gasteiger partial charge in [0, 0.05) is 6.07 Å². The number of nitrogens with zero attached hydrogens (tertiary/aromatic N) is 3. The number of hydrogen-bond acceptors (Lipinski definition) is 9. The summed E-state index contributed by atoms with van der Waals surface area (Å²) in [6, 6.07) is 2.95. The SMILES string of the molecule is CCCCCCOC(=O)OCn1nc2c(=O)[nH]c3cc(OC)c(OC)cc3c(=O)c2n1. The van der Waals surface area contributed by atoms with E-state index in [0.29, 0.717) is 11.5 Å². The first-order chi connectivity index (χ1) is 15.0. The van der Waals surface area contributed by atoms with Crippen molar-refractivity contribution in [1.29, 1.82) is 0 Å². The molecule has 0 fully saturated rings. The van der Waals surface area contributed by atoms with E-state index in [1.807, 2.05) is 0 Å². The molecule has 0 aliphatic carbocycles. The van der Waals surface area contributed by atoms with Crippen LogP contribution in [0.25, 0.3) is 21.9 Å². The van der Waals surface area contributed by atoms with Crippen LogP contribution in [0.4, 0.5) is 4.79 Å². The second kappa shape index (κ2) is 9.92. The third-order valence-electron chi connectivity index (χ3n) is 4.62. The minimum Gasteiger partial charge on any atom is -0.493 e. The van der Waals surface area contributed by atoms with E-state index in [1.165, 1.54) is 26.4 Å². The van der Waals surface area contributed by atoms with E-state index >= 15 is 0 Å². The molecule has 0 spiro atoms. The molecule has 0 radical (unpaired) electrons. The van der Waals surface area contributed by atoms with E-state index in [0.717, 1.165) is 30.5 Å². The fourth-order valence-electron chi connectivity index (χ4n) is 3.03. The van der Waals surface area contributed by atoms with Crippen LogP contribution < -0.4 is 20.5 Å². The monoisotopic (exact) mass is 432 g/mol. The Hall–Kier alpha value is -3.63. The van der Waals surface area contributed by atoms with Crippen molar-refractivity contribution in [2.45, 2.75) is 39.3 Å². The summed E-state index contributed by atoms with van der Waals surface area (Å²) in [4.78, 5) is 40.8. The molecule has 0 bridgehead atoms. The summed E-state index contributed by atoms with van der Waals surface area (Å²) in [5.74, 6) is 0.679. The number of fused-ring (bicyclic) bond motifs is 2. The number of H-pyrrole nitrogens is 1. The van der Waals surface area contributed by atoms with Crippen LogP contribution in [-0.2, 0) is 16.2 Å². The van der Waals surface area contributed by atoms with Gasteiger partial charge >= 0.3 is 6.16 Å². The number of rotatable bonds is 9. The Morgan fingerprint density at radius 1 is 1.00 bits per heavy atom. The van der Waals surface area contributed by atoms with Crippen LogP contribution in [0, 0.1) is 0 Å². The van der Waals surface area contributed by atoms with Gasteiger partial charge in [0.05, 0.1) is 31.7 Å². The molecule has 2 aromatic heterocycles. The normalized spacial score (nSPS) is 10.9. The van der Waals surface area contributed by atoms with Gasteiger partial charge in [-0.25, -0.2) is 4.79 Å². The van der Waals surface area contributed by atoms with Crippen molar-refractivity contribution in [3.05, 3.63) is 32.7 Å². The number of aromatic amines is 1. The van der Waals surface area contributed by atoms with Crippen molar-refractivity contribution >= 4 is 28.1 Å². The average molecular weight is 432 g/mol. The quantitative estimate of drug-likeness (QED) is 0.399. The molecule has 0 atom stereocenters. The molecular formula is C20H24N4O7. The number of methoxy groups -OCH3 is 2. The molecule has 11 nitrogen and oxygen atoms in total. The van der Waals surface area contributed by atoms with Crippen molar-refractivity contribution in [2.75, 3.05) is 20.8 Å². The molecule has 0 aliphatic rings. The lowest BCUT2D eigenvalue weighted by Crippen LogP contribution is -2.14. The molecule has 0 saturated carbocycles. The van der Waals surface area contributed by atoms with Crippen LogP contribution in [0.5, 0.6) is 11.5 Å². The van der Waals surface area contributed by atoms with Gasteiger partial charge < -0.3 is 23.9 Å². The van der Waals surface area contributed by atoms with Gasteiger partial charge in [0.25, 0.3) is 5.56 Å². The van der Waals surface area contributed by atoms with Gasteiger partial charge in [-0.1, -0.05) is 26.2 Å². The molecule has 2 heterocycles. The highest BCUT2D eigenvalue weighted by Crippen LogP contribution is 2.29. The van der Waals surface area contributed by atoms with Gasteiger partial charge in [0.2, 0.25) is 12.2 Å². The van der Waals surface area contributed by atoms with Crippen molar-refractivity contribution in [2.24, 2.45) is 0 Å². The highest BCUT2D eigenvalue weighted by atomic mass is 16.7. The molecule has 0 unspecified atom stereocenters. The molecule has 0 saturated heterocycles. The highest BCUT2D eigenvalue weighted by Gasteiger charge is 2.16. The third kappa shape index (κ3) is 4.93. The molecule has 1 aromatic carbocycles. The number of carbonyl (C=O) groups is 1. The van der Waals surface area contributed by atoms with Crippen LogP contribution >= 0.6 is 0 Å². The number of hydrogen-bond donors (Lipinski definition) is 1. The van der Waals surface area contributed by atoms with E-state index in [-0.39, 0.29) is 28.5 Å². The first-order valence-corrected chi connectivity index (χ1v) is 9.85. The Morgan fingerprint density at radius 3 is 2.42 bits per heavy atom. The summed E-state index contributed by atoms with van der Waals surface area (Å²) in [5.41, 5.74) is -1.26. The predicted octanol–water partition coefficient (Wildman–Crippen LogP) is 2.34. The molecule has 11 heteroatoms. The average Bonchev–Trinajstić information content (AvgIpc) is 3.17. The summed E-state index contributed by atoms with van der Waals surface area (Å²) in [6.45, 7) is 1.94. The smallest absolute Gasteiger partial charge is 0.493 e. The molecule has 166 valence electrons. The maximum Gasteiger partial charge on any atom is 0.510 e. The standard InChI is InChI=1S/C20H24N4O7/c1-4-5-6-7-8-30-20(27)31-11-24-22-16-17(23-24)19(26)21-13-10-15(29-3)14(28-2)9-12(13)18(16)25/h9-10H,4-8,11H2,1-3H3,(H,21,26). The fourth-order valence-corrected chi connectivity index (χ4v) is 3.03. The fraction of sp³-hybridized carbons (Fsp3) is 0.450. The van der Waals surface area contributed by atoms with Crippen LogP contribution in [0.15, 0.2) is 21.7 Å². The molecular weight excluding hydrogens is 408 g/mol. The van der Waals surface area contributed by atoms with Gasteiger partial charge in [-0.2, -0.15) is 0 Å². The summed E-state index contributed by atoms with van der Waals surface area (Å²) in [7, 11) is 2.88. The van der Waals surface area contributed by atoms with Gasteiger partial charge in [-0.15, -0.1) is 15.0 Å². The largest absolute Gasteiger partial charge is 0.510 e. The third-order valence-corrected chi connectivity index (χ3v) is 4.62. The van der Waals surface area contributed by atoms with Crippen LogP contribution in [0.2, 0.25) is 0 Å². The first kappa shape index (κ1) is 22.1. The first-order valence-electron chi connectivity index (χ1n) is 9.85. The molecule has 3 rings (SSSR count). The molecule has 3 aromatic rings. The maximum atomic E-state index is 13.0. The zero-order chi connectivity index (χ0) is 22.4. The number of ether oxygens (including phenoxy) is 4. The van der Waals surface area contributed by atoms with Gasteiger partial charge in [-0.05, 0) is 12.5 Å². The summed E-state index contributed by atoms with van der Waals surface area (Å²) < 4.78 is 20.4. The Bertz CT molecular complexity index is 1200. The van der Waals surface area contributed by atoms with Gasteiger partial charge in [0.15, 0.2) is 22.5 Å². The number of unbranched alkanes of at least 4 members (excludes halogenated alkanes) is 3. The second-order valence-corrected chi connectivity index (χ2v) is 6.74. The van der Waals surface area contributed by atoms with Crippen molar-refractivity contribution in [3.63, 3.8) is 0 Å². The van der Waals surface area contributed by atoms with Gasteiger partial charge in [0.1, 0.15) is 0 Å². The summed E-state index contributed by atoms with van der Waals surface area (Å²) in [6.07, 6.45) is 2.99. The summed E-state index contributed by atoms with van der Waals surface area (Å²) >= 11 is 0. The number of benzene rings is 1. The molecule has 0 amide bonds. The Labute approximate surface area is 176 Å². The second-order valence-electron chi connectivity index (χ2n) is 6.74. The van der Waals surface area contributed by atoms with E-state index in [1.54, 1.807) is 0 Å². The van der Waals surface area contributed by atoms with Crippen molar-refractivity contribution in [1.82, 2.24) is 20.0 Å². The Balaban J connectivity index is 1.85.